The summed E-state index contributed by atoms with van der Waals surface area (Å²) >= 11 is 0. The first-order valence-corrected chi connectivity index (χ1v) is 16.7. The van der Waals surface area contributed by atoms with E-state index in [1.54, 1.807) is 48.2 Å². The van der Waals surface area contributed by atoms with Crippen molar-refractivity contribution in [1.29, 1.82) is 0 Å². The molecule has 0 fully saturated rings. The zero-order valence-corrected chi connectivity index (χ0v) is 26.1. The minimum absolute atomic E-state index is 0.0147. The van der Waals surface area contributed by atoms with Gasteiger partial charge in [-0.25, -0.2) is 16.8 Å². The molecule has 0 spiro atoms. The Morgan fingerprint density at radius 3 is 2.35 bits per heavy atom. The highest BCUT2D eigenvalue weighted by Crippen LogP contribution is 2.31. The first-order valence-electron chi connectivity index (χ1n) is 13.7. The van der Waals surface area contributed by atoms with Crippen molar-refractivity contribution in [2.45, 2.75) is 42.2 Å². The number of hydrogen-bond donors (Lipinski definition) is 2. The Labute approximate surface area is 253 Å². The van der Waals surface area contributed by atoms with Crippen LogP contribution in [0.3, 0.4) is 0 Å². The summed E-state index contributed by atoms with van der Waals surface area (Å²) in [5.74, 6) is 0.242. The molecule has 43 heavy (non-hydrogen) atoms. The molecule has 0 aliphatic carbocycles. The number of amides is 1. The normalized spacial score (nSPS) is 18.6. The van der Waals surface area contributed by atoms with Crippen molar-refractivity contribution in [3.05, 3.63) is 78.4 Å². The molecule has 0 aromatic heterocycles. The molecular formula is C30H37N3O8S2. The summed E-state index contributed by atoms with van der Waals surface area (Å²) in [4.78, 5) is 15.2. The van der Waals surface area contributed by atoms with Crippen LogP contribution in [0.4, 0.5) is 5.69 Å². The van der Waals surface area contributed by atoms with E-state index in [4.69, 9.17) is 9.47 Å². The van der Waals surface area contributed by atoms with Gasteiger partial charge in [0.1, 0.15) is 17.6 Å². The molecule has 1 aliphatic heterocycles. The molecular weight excluding hydrogens is 594 g/mol. The minimum atomic E-state index is -3.96. The second kappa shape index (κ2) is 13.3. The number of aliphatic hydroxyl groups is 1. The number of rotatable bonds is 10. The van der Waals surface area contributed by atoms with Crippen LogP contribution in [-0.2, 0) is 31.3 Å². The SMILES string of the molecule is COc1ccc(S(=O)(=O)Nc2ccc3c(c2)CC(=O)N([C@H](C)CO)C[C@@H](C)[C@@H](CN(C)S(=O)(=O)c2ccccc2)O3)cc1. The molecule has 1 heterocycles. The number of benzene rings is 3. The van der Waals surface area contributed by atoms with Crippen LogP contribution in [0, 0.1) is 5.92 Å². The Morgan fingerprint density at radius 2 is 1.72 bits per heavy atom. The van der Waals surface area contributed by atoms with Crippen LogP contribution in [0.15, 0.2) is 82.6 Å². The molecule has 0 saturated carbocycles. The van der Waals surface area contributed by atoms with Crippen molar-refractivity contribution in [1.82, 2.24) is 9.21 Å². The van der Waals surface area contributed by atoms with Gasteiger partial charge in [0, 0.05) is 30.8 Å². The van der Waals surface area contributed by atoms with Crippen LogP contribution in [0.2, 0.25) is 0 Å². The van der Waals surface area contributed by atoms with Crippen molar-refractivity contribution < 1.29 is 36.2 Å². The highest BCUT2D eigenvalue weighted by Gasteiger charge is 2.33. The third-order valence-electron chi connectivity index (χ3n) is 7.43. The monoisotopic (exact) mass is 631 g/mol. The lowest BCUT2D eigenvalue weighted by Crippen LogP contribution is -2.48. The molecule has 13 heteroatoms. The standard InChI is InChI=1S/C30H37N3O8S2/c1-21-18-33(22(2)20-34)30(35)17-23-16-24(31-42(36,37)26-13-11-25(40-4)12-14-26)10-15-28(23)41-29(21)19-32(3)43(38,39)27-8-6-5-7-9-27/h5-16,21-22,29,31,34H,17-20H2,1-4H3/t21-,22-,29-/m1/s1. The van der Waals surface area contributed by atoms with Gasteiger partial charge in [-0.15, -0.1) is 0 Å². The number of carbonyl (C=O) groups is 1. The van der Waals surface area contributed by atoms with Crippen LogP contribution in [0.5, 0.6) is 11.5 Å². The van der Waals surface area contributed by atoms with Gasteiger partial charge in [-0.3, -0.25) is 9.52 Å². The molecule has 0 saturated heterocycles. The number of nitrogens with one attached hydrogen (secondary N) is 1. The molecule has 3 aromatic carbocycles. The van der Waals surface area contributed by atoms with Gasteiger partial charge in [0.2, 0.25) is 15.9 Å². The van der Waals surface area contributed by atoms with Gasteiger partial charge in [-0.1, -0.05) is 25.1 Å². The average molecular weight is 632 g/mol. The quantitative estimate of drug-likeness (QED) is 0.348. The largest absolute Gasteiger partial charge is 0.497 e. The van der Waals surface area contributed by atoms with Gasteiger partial charge in [0.25, 0.3) is 10.0 Å². The maximum absolute atomic E-state index is 13.5. The van der Waals surface area contributed by atoms with Crippen LogP contribution in [0.1, 0.15) is 19.4 Å². The molecule has 232 valence electrons. The zero-order valence-electron chi connectivity index (χ0n) is 24.5. The number of anilines is 1. The Hall–Kier alpha value is -3.65. The number of sulfonamides is 2. The second-order valence-corrected chi connectivity index (χ2v) is 14.3. The van der Waals surface area contributed by atoms with E-state index in [9.17, 15) is 26.7 Å². The number of methoxy groups -OCH3 is 1. The molecule has 0 bridgehead atoms. The van der Waals surface area contributed by atoms with E-state index >= 15 is 0 Å². The summed E-state index contributed by atoms with van der Waals surface area (Å²) in [5, 5.41) is 9.88. The van der Waals surface area contributed by atoms with Crippen molar-refractivity contribution >= 4 is 31.6 Å². The molecule has 2 N–H and O–H groups in total. The van der Waals surface area contributed by atoms with Crippen molar-refractivity contribution in [3.63, 3.8) is 0 Å². The van der Waals surface area contributed by atoms with Crippen molar-refractivity contribution in [2.24, 2.45) is 5.92 Å². The molecule has 0 radical (unpaired) electrons. The van der Waals surface area contributed by atoms with E-state index in [2.05, 4.69) is 4.72 Å². The Balaban J connectivity index is 1.67. The zero-order chi connectivity index (χ0) is 31.4. The number of ether oxygens (including phenoxy) is 2. The number of likely N-dealkylation sites (N-methyl/N-ethyl adjacent to an activating group) is 1. The number of aliphatic hydroxyl groups excluding tert-OH is 1. The minimum Gasteiger partial charge on any atom is -0.497 e. The summed E-state index contributed by atoms with van der Waals surface area (Å²) in [7, 11) is -4.82. The maximum atomic E-state index is 13.5. The fraction of sp³-hybridized carbons (Fsp3) is 0.367. The van der Waals surface area contributed by atoms with Gasteiger partial charge in [0.15, 0.2) is 0 Å². The number of nitrogens with zero attached hydrogens (tertiary/aromatic N) is 2. The maximum Gasteiger partial charge on any atom is 0.261 e. The van der Waals surface area contributed by atoms with Gasteiger partial charge >= 0.3 is 0 Å². The number of fused-ring (bicyclic) bond motifs is 1. The molecule has 1 aliphatic rings. The number of hydrogen-bond acceptors (Lipinski definition) is 8. The fourth-order valence-corrected chi connectivity index (χ4v) is 7.06. The predicted molar refractivity (Wildman–Crippen MR) is 162 cm³/mol. The number of carbonyl (C=O) groups excluding carboxylic acids is 1. The summed E-state index contributed by atoms with van der Waals surface area (Å²) in [6.07, 6.45) is -0.793. The second-order valence-electron chi connectivity index (χ2n) is 10.6. The first kappa shape index (κ1) is 32.3. The Morgan fingerprint density at radius 1 is 1.05 bits per heavy atom. The summed E-state index contributed by atoms with van der Waals surface area (Å²) in [6.45, 7) is 3.53. The van der Waals surface area contributed by atoms with E-state index in [1.165, 1.54) is 54.9 Å². The van der Waals surface area contributed by atoms with Gasteiger partial charge < -0.3 is 19.5 Å². The topological polar surface area (TPSA) is 143 Å². The van der Waals surface area contributed by atoms with Gasteiger partial charge in [0.05, 0.1) is 42.5 Å². The summed E-state index contributed by atoms with van der Waals surface area (Å²) in [6, 6.07) is 18.1. The molecule has 3 atom stereocenters. The van der Waals surface area contributed by atoms with E-state index < -0.39 is 32.2 Å². The molecule has 1 amide bonds. The average Bonchev–Trinajstić information content (AvgIpc) is 3.04. The third kappa shape index (κ3) is 7.47. The lowest BCUT2D eigenvalue weighted by Gasteiger charge is -2.33. The van der Waals surface area contributed by atoms with Crippen LogP contribution >= 0.6 is 0 Å². The Bertz CT molecular complexity index is 1630. The lowest BCUT2D eigenvalue weighted by molar-refractivity contribution is -0.134. The van der Waals surface area contributed by atoms with Crippen molar-refractivity contribution in [3.8, 4) is 11.5 Å². The lowest BCUT2D eigenvalue weighted by atomic mass is 10.0. The Kier molecular flexibility index (Phi) is 10.0. The predicted octanol–water partition coefficient (Wildman–Crippen LogP) is 2.97. The smallest absolute Gasteiger partial charge is 0.261 e. The fourth-order valence-electron chi connectivity index (χ4n) is 4.80. The molecule has 0 unspecified atom stereocenters. The molecule has 3 aromatic rings. The van der Waals surface area contributed by atoms with Crippen LogP contribution in [-0.4, -0.2) is 83.1 Å². The van der Waals surface area contributed by atoms with E-state index in [-0.39, 0.29) is 53.4 Å². The first-order chi connectivity index (χ1) is 20.3. The van der Waals surface area contributed by atoms with Gasteiger partial charge in [-0.05, 0) is 61.5 Å². The van der Waals surface area contributed by atoms with Crippen molar-refractivity contribution in [2.75, 3.05) is 38.6 Å². The van der Waals surface area contributed by atoms with Crippen LogP contribution in [0.25, 0.3) is 0 Å². The molecule has 11 nitrogen and oxygen atoms in total. The van der Waals surface area contributed by atoms with E-state index in [0.717, 1.165) is 0 Å². The van der Waals surface area contributed by atoms with Gasteiger partial charge in [-0.2, -0.15) is 4.31 Å². The summed E-state index contributed by atoms with van der Waals surface area (Å²) in [5.41, 5.74) is 0.642. The highest BCUT2D eigenvalue weighted by atomic mass is 32.2. The van der Waals surface area contributed by atoms with Crippen LogP contribution < -0.4 is 14.2 Å². The van der Waals surface area contributed by atoms with E-state index in [0.29, 0.717) is 17.1 Å². The van der Waals surface area contributed by atoms with E-state index in [1.807, 2.05) is 6.92 Å². The highest BCUT2D eigenvalue weighted by molar-refractivity contribution is 7.92. The third-order valence-corrected chi connectivity index (χ3v) is 10.7. The molecule has 4 rings (SSSR count). The summed E-state index contributed by atoms with van der Waals surface area (Å²) < 4.78 is 68.0.